The molecule has 0 radical (unpaired) electrons. The number of nitro groups is 1. The third-order valence-electron chi connectivity index (χ3n) is 3.80. The van der Waals surface area contributed by atoms with E-state index in [0.29, 0.717) is 13.1 Å². The topological polar surface area (TPSA) is 127 Å². The lowest BCUT2D eigenvalue weighted by atomic mass is 10.3. The quantitative estimate of drug-likeness (QED) is 0.523. The van der Waals surface area contributed by atoms with Gasteiger partial charge in [-0.3, -0.25) is 14.8 Å². The maximum Gasteiger partial charge on any atom is 0.289 e. The number of anilines is 1. The van der Waals surface area contributed by atoms with Crippen LogP contribution in [0.3, 0.4) is 0 Å². The fourth-order valence-corrected chi connectivity index (χ4v) is 5.14. The number of para-hydroxylation sites is 1. The van der Waals surface area contributed by atoms with Crippen molar-refractivity contribution in [2.24, 2.45) is 0 Å². The number of nitro benzene ring substituents is 1. The second kappa shape index (κ2) is 8.03. The van der Waals surface area contributed by atoms with Gasteiger partial charge < -0.3 is 0 Å². The van der Waals surface area contributed by atoms with E-state index in [9.17, 15) is 26.9 Å². The highest BCUT2D eigenvalue weighted by Gasteiger charge is 2.26. The van der Waals surface area contributed by atoms with E-state index in [0.717, 1.165) is 12.1 Å². The van der Waals surface area contributed by atoms with Crippen LogP contribution in [-0.2, 0) is 20.0 Å². The number of hydrogen-bond donors (Lipinski definition) is 1. The highest BCUT2D eigenvalue weighted by atomic mass is 32.2. The molecule has 0 aromatic heterocycles. The van der Waals surface area contributed by atoms with Crippen molar-refractivity contribution in [2.45, 2.75) is 23.6 Å². The molecule has 9 nitrogen and oxygen atoms in total. The second-order valence-electron chi connectivity index (χ2n) is 5.44. The zero-order chi connectivity index (χ0) is 20.2. The number of benzene rings is 2. The van der Waals surface area contributed by atoms with Gasteiger partial charge in [-0.15, -0.1) is 0 Å². The van der Waals surface area contributed by atoms with Crippen molar-refractivity contribution in [3.63, 3.8) is 0 Å². The van der Waals surface area contributed by atoms with Crippen LogP contribution in [0.4, 0.5) is 11.4 Å². The van der Waals surface area contributed by atoms with Gasteiger partial charge in [-0.1, -0.05) is 26.0 Å². The van der Waals surface area contributed by atoms with Crippen LogP contribution in [0.2, 0.25) is 0 Å². The molecule has 27 heavy (non-hydrogen) atoms. The predicted molar refractivity (Wildman–Crippen MR) is 100 cm³/mol. The highest BCUT2D eigenvalue weighted by Crippen LogP contribution is 2.26. The number of sulfonamides is 2. The molecule has 0 aliphatic heterocycles. The molecule has 0 unspecified atom stereocenters. The standard InChI is InChI=1S/C16H19N3O6S2/c1-3-18(4-2)27(24,25)14-11-9-13(10-12-14)17-26(22,23)16-8-6-5-7-15(16)19(20)21/h5-12,17H,3-4H2,1-2H3. The Kier molecular flexibility index (Phi) is 6.19. The Morgan fingerprint density at radius 2 is 1.52 bits per heavy atom. The molecule has 0 heterocycles. The Labute approximate surface area is 157 Å². The van der Waals surface area contributed by atoms with Crippen LogP contribution in [0, 0.1) is 10.1 Å². The third kappa shape index (κ3) is 4.43. The van der Waals surface area contributed by atoms with E-state index in [1.807, 2.05) is 0 Å². The lowest BCUT2D eigenvalue weighted by Crippen LogP contribution is -2.30. The minimum Gasteiger partial charge on any atom is -0.279 e. The van der Waals surface area contributed by atoms with Crippen LogP contribution in [-0.4, -0.2) is 39.2 Å². The van der Waals surface area contributed by atoms with Crippen LogP contribution in [0.1, 0.15) is 13.8 Å². The van der Waals surface area contributed by atoms with E-state index < -0.39 is 35.6 Å². The molecule has 0 atom stereocenters. The largest absolute Gasteiger partial charge is 0.289 e. The molecule has 0 fully saturated rings. The van der Waals surface area contributed by atoms with Crippen molar-refractivity contribution in [3.05, 3.63) is 58.6 Å². The number of nitrogens with one attached hydrogen (secondary N) is 1. The van der Waals surface area contributed by atoms with Gasteiger partial charge in [-0.05, 0) is 30.3 Å². The molecule has 11 heteroatoms. The first-order chi connectivity index (χ1) is 12.6. The molecule has 1 N–H and O–H groups in total. The molecule has 0 amide bonds. The first kappa shape index (κ1) is 20.8. The molecule has 0 spiro atoms. The molecular weight excluding hydrogens is 394 g/mol. The van der Waals surface area contributed by atoms with Crippen LogP contribution in [0.15, 0.2) is 58.3 Å². The van der Waals surface area contributed by atoms with Crippen molar-refractivity contribution in [2.75, 3.05) is 17.8 Å². The van der Waals surface area contributed by atoms with Crippen molar-refractivity contribution in [1.29, 1.82) is 0 Å². The smallest absolute Gasteiger partial charge is 0.279 e. The minimum absolute atomic E-state index is 0.0276. The zero-order valence-electron chi connectivity index (χ0n) is 14.7. The Bertz CT molecular complexity index is 1030. The Hall–Kier alpha value is -2.50. The van der Waals surface area contributed by atoms with Gasteiger partial charge in [0.15, 0.2) is 4.90 Å². The monoisotopic (exact) mass is 413 g/mol. The Morgan fingerprint density at radius 1 is 0.963 bits per heavy atom. The first-order valence-corrected chi connectivity index (χ1v) is 10.9. The van der Waals surface area contributed by atoms with Gasteiger partial charge in [0, 0.05) is 24.8 Å². The molecule has 146 valence electrons. The lowest BCUT2D eigenvalue weighted by molar-refractivity contribution is -0.387. The molecule has 2 aromatic carbocycles. The molecular formula is C16H19N3O6S2. The van der Waals surface area contributed by atoms with E-state index >= 15 is 0 Å². The van der Waals surface area contributed by atoms with E-state index in [2.05, 4.69) is 4.72 Å². The fourth-order valence-electron chi connectivity index (χ4n) is 2.45. The summed E-state index contributed by atoms with van der Waals surface area (Å²) in [6.07, 6.45) is 0. The summed E-state index contributed by atoms with van der Waals surface area (Å²) in [5, 5.41) is 11.0. The number of rotatable bonds is 8. The molecule has 0 aliphatic carbocycles. The average molecular weight is 413 g/mol. The van der Waals surface area contributed by atoms with Gasteiger partial charge in [0.25, 0.3) is 15.7 Å². The van der Waals surface area contributed by atoms with E-state index in [-0.39, 0.29) is 10.6 Å². The zero-order valence-corrected chi connectivity index (χ0v) is 16.3. The molecule has 0 aliphatic rings. The lowest BCUT2D eigenvalue weighted by Gasteiger charge is -2.18. The highest BCUT2D eigenvalue weighted by molar-refractivity contribution is 7.93. The maximum atomic E-state index is 12.5. The molecule has 2 aromatic rings. The number of nitrogens with zero attached hydrogens (tertiary/aromatic N) is 2. The van der Waals surface area contributed by atoms with Crippen LogP contribution < -0.4 is 4.72 Å². The van der Waals surface area contributed by atoms with E-state index in [1.165, 1.54) is 40.7 Å². The van der Waals surface area contributed by atoms with Crippen molar-refractivity contribution >= 4 is 31.4 Å². The van der Waals surface area contributed by atoms with Crippen LogP contribution in [0.25, 0.3) is 0 Å². The second-order valence-corrected chi connectivity index (χ2v) is 9.03. The Morgan fingerprint density at radius 3 is 2.04 bits per heavy atom. The summed E-state index contributed by atoms with van der Waals surface area (Å²) in [6.45, 7) is 4.06. The summed E-state index contributed by atoms with van der Waals surface area (Å²) in [4.78, 5) is 9.81. The summed E-state index contributed by atoms with van der Waals surface area (Å²) in [5.74, 6) is 0. The van der Waals surface area contributed by atoms with Crippen molar-refractivity contribution in [3.8, 4) is 0 Å². The summed E-state index contributed by atoms with van der Waals surface area (Å²) in [7, 11) is -7.88. The van der Waals surface area contributed by atoms with Gasteiger partial charge in [0.2, 0.25) is 10.0 Å². The normalized spacial score (nSPS) is 12.1. The minimum atomic E-state index is -4.21. The van der Waals surface area contributed by atoms with Crippen LogP contribution in [0.5, 0.6) is 0 Å². The first-order valence-electron chi connectivity index (χ1n) is 8.00. The Balaban J connectivity index is 2.33. The maximum absolute atomic E-state index is 12.5. The summed E-state index contributed by atoms with van der Waals surface area (Å²) in [5.41, 5.74) is -0.461. The molecule has 0 bridgehead atoms. The molecule has 0 saturated carbocycles. The SMILES string of the molecule is CCN(CC)S(=O)(=O)c1ccc(NS(=O)(=O)c2ccccc2[N+](=O)[O-])cc1. The summed E-state index contributed by atoms with van der Waals surface area (Å²) >= 11 is 0. The van der Waals surface area contributed by atoms with Crippen molar-refractivity contribution < 1.29 is 21.8 Å². The number of hydrogen-bond acceptors (Lipinski definition) is 6. The van der Waals surface area contributed by atoms with Gasteiger partial charge >= 0.3 is 0 Å². The van der Waals surface area contributed by atoms with Crippen LogP contribution >= 0.6 is 0 Å². The van der Waals surface area contributed by atoms with Gasteiger partial charge in [-0.25, -0.2) is 16.8 Å². The average Bonchev–Trinajstić information content (AvgIpc) is 2.62. The summed E-state index contributed by atoms with van der Waals surface area (Å²) in [6, 6.07) is 10.1. The van der Waals surface area contributed by atoms with Gasteiger partial charge in [0.05, 0.1) is 9.82 Å². The van der Waals surface area contributed by atoms with E-state index in [4.69, 9.17) is 0 Å². The third-order valence-corrected chi connectivity index (χ3v) is 7.29. The fraction of sp³-hybridized carbons (Fsp3) is 0.250. The molecule has 0 saturated heterocycles. The van der Waals surface area contributed by atoms with Gasteiger partial charge in [-0.2, -0.15) is 4.31 Å². The van der Waals surface area contributed by atoms with Crippen molar-refractivity contribution in [1.82, 2.24) is 4.31 Å². The summed E-state index contributed by atoms with van der Waals surface area (Å²) < 4.78 is 53.3. The molecule has 2 rings (SSSR count). The van der Waals surface area contributed by atoms with E-state index in [1.54, 1.807) is 13.8 Å². The van der Waals surface area contributed by atoms with Gasteiger partial charge in [0.1, 0.15) is 0 Å². The predicted octanol–water partition coefficient (Wildman–Crippen LogP) is 2.43.